The van der Waals surface area contributed by atoms with E-state index >= 15 is 0 Å². The largest absolute Gasteiger partial charge is 0.435 e. The molecule has 0 fully saturated rings. The molecule has 1 unspecified atom stereocenters. The third-order valence-corrected chi connectivity index (χ3v) is 4.67. The van der Waals surface area contributed by atoms with Gasteiger partial charge in [0.15, 0.2) is 5.69 Å². The van der Waals surface area contributed by atoms with E-state index < -0.39 is 22.3 Å². The molecule has 0 bridgehead atoms. The van der Waals surface area contributed by atoms with Gasteiger partial charge in [-0.05, 0) is 13.0 Å². The molecule has 0 spiro atoms. The van der Waals surface area contributed by atoms with E-state index in [2.05, 4.69) is 10.4 Å². The number of carbonyl (C=O) groups is 1. The van der Waals surface area contributed by atoms with Crippen LogP contribution in [0.25, 0.3) is 5.03 Å². The van der Waals surface area contributed by atoms with E-state index in [4.69, 9.17) is 0 Å². The van der Waals surface area contributed by atoms with Crippen molar-refractivity contribution in [3.8, 4) is 5.03 Å². The molecule has 0 saturated heterocycles. The lowest BCUT2D eigenvalue weighted by Crippen LogP contribution is -2.22. The zero-order chi connectivity index (χ0) is 14.9. The van der Waals surface area contributed by atoms with Crippen LogP contribution in [0, 0.1) is 0 Å². The molecule has 1 atom stereocenters. The molecule has 108 valence electrons. The zero-order valence-electron chi connectivity index (χ0n) is 10.9. The number of halogens is 3. The molecule has 0 radical (unpaired) electrons. The van der Waals surface area contributed by atoms with Gasteiger partial charge in [-0.15, -0.1) is 0 Å². The Morgan fingerprint density at radius 3 is 2.75 bits per heavy atom. The van der Waals surface area contributed by atoms with Crippen molar-refractivity contribution >= 4 is 16.4 Å². The van der Waals surface area contributed by atoms with Gasteiger partial charge in [-0.25, -0.2) is 4.68 Å². The van der Waals surface area contributed by atoms with Gasteiger partial charge in [-0.1, -0.05) is 0 Å². The predicted octanol–water partition coefficient (Wildman–Crippen LogP) is 2.93. The molecule has 0 aliphatic rings. The van der Waals surface area contributed by atoms with Crippen molar-refractivity contribution in [1.29, 1.82) is 0 Å². The first-order valence-corrected chi connectivity index (χ1v) is 7.14. The quantitative estimate of drug-likeness (QED) is 0.886. The second kappa shape index (κ2) is 5.28. The Kier molecular flexibility index (Phi) is 3.85. The standard InChI is InChI=1S/C12H12F3N3OS/c1-3-16-11(19)8-5-4-6-20(8)10-7-9(12(13,14)15)17-18(10)2/h4-7H,3H2,1-2H3/p+1. The van der Waals surface area contributed by atoms with Gasteiger partial charge in [-0.2, -0.15) is 18.3 Å². The van der Waals surface area contributed by atoms with Crippen LogP contribution in [-0.4, -0.2) is 22.2 Å². The third-order valence-electron chi connectivity index (χ3n) is 2.61. The summed E-state index contributed by atoms with van der Waals surface area (Å²) in [5, 5.41) is 8.20. The Morgan fingerprint density at radius 2 is 2.20 bits per heavy atom. The van der Waals surface area contributed by atoms with Gasteiger partial charge in [-0.3, -0.25) is 4.79 Å². The molecule has 8 heteroatoms. The van der Waals surface area contributed by atoms with E-state index in [0.717, 1.165) is 6.07 Å². The number of amides is 1. The van der Waals surface area contributed by atoms with Gasteiger partial charge in [0.1, 0.15) is 5.38 Å². The fourth-order valence-electron chi connectivity index (χ4n) is 1.75. The van der Waals surface area contributed by atoms with E-state index in [1.807, 2.05) is 0 Å². The lowest BCUT2D eigenvalue weighted by Gasteiger charge is -1.98. The second-order valence-electron chi connectivity index (χ2n) is 4.05. The molecule has 0 saturated carbocycles. The molecular formula is C12H13F3N3OS+. The van der Waals surface area contributed by atoms with E-state index in [1.54, 1.807) is 24.4 Å². The number of aryl methyl sites for hydroxylation is 1. The van der Waals surface area contributed by atoms with E-state index in [-0.39, 0.29) is 5.91 Å². The van der Waals surface area contributed by atoms with Crippen LogP contribution in [0.15, 0.2) is 23.6 Å². The SMILES string of the molecule is CCNC(=O)c1ccc[s+]1-c1cc(C(F)(F)F)nn1C. The molecule has 2 aromatic heterocycles. The van der Waals surface area contributed by atoms with Crippen LogP contribution < -0.4 is 5.32 Å². The Morgan fingerprint density at radius 1 is 1.50 bits per heavy atom. The second-order valence-corrected chi connectivity index (χ2v) is 5.85. The number of hydrogen-bond acceptors (Lipinski definition) is 2. The van der Waals surface area contributed by atoms with Crippen molar-refractivity contribution in [1.82, 2.24) is 15.1 Å². The van der Waals surface area contributed by atoms with Gasteiger partial charge < -0.3 is 5.32 Å². The fraction of sp³-hybridized carbons (Fsp3) is 0.333. The molecule has 2 aromatic rings. The molecule has 20 heavy (non-hydrogen) atoms. The lowest BCUT2D eigenvalue weighted by molar-refractivity contribution is -0.141. The summed E-state index contributed by atoms with van der Waals surface area (Å²) in [6.45, 7) is 2.25. The molecule has 4 nitrogen and oxygen atoms in total. The van der Waals surface area contributed by atoms with Crippen molar-refractivity contribution in [3.05, 3.63) is 34.2 Å². The summed E-state index contributed by atoms with van der Waals surface area (Å²) in [4.78, 5) is 12.3. The molecule has 2 rings (SSSR count). The topological polar surface area (TPSA) is 46.9 Å². The first-order valence-electron chi connectivity index (χ1n) is 5.85. The number of alkyl halides is 3. The van der Waals surface area contributed by atoms with Crippen molar-refractivity contribution in [2.45, 2.75) is 13.1 Å². The summed E-state index contributed by atoms with van der Waals surface area (Å²) in [6.07, 6.45) is -4.49. The molecule has 1 amide bonds. The highest BCUT2D eigenvalue weighted by atomic mass is 32.2. The zero-order valence-corrected chi connectivity index (χ0v) is 11.7. The molecule has 0 aromatic carbocycles. The number of thiophene rings is 1. The molecular weight excluding hydrogens is 291 g/mol. The van der Waals surface area contributed by atoms with Crippen molar-refractivity contribution in [2.75, 3.05) is 6.54 Å². The molecule has 0 aliphatic carbocycles. The Bertz CT molecular complexity index is 630. The molecule has 0 aliphatic heterocycles. The summed E-state index contributed by atoms with van der Waals surface area (Å²) in [5.74, 6) is -0.268. The summed E-state index contributed by atoms with van der Waals surface area (Å²) < 4.78 is 39.2. The number of rotatable bonds is 3. The smallest absolute Gasteiger partial charge is 0.348 e. The monoisotopic (exact) mass is 304 g/mol. The maximum Gasteiger partial charge on any atom is 0.435 e. The average molecular weight is 304 g/mol. The Labute approximate surface area is 116 Å². The minimum Gasteiger partial charge on any atom is -0.348 e. The number of nitrogens with zero attached hydrogens (tertiary/aromatic N) is 2. The van der Waals surface area contributed by atoms with E-state index in [1.165, 1.54) is 11.7 Å². The van der Waals surface area contributed by atoms with Gasteiger partial charge in [0.25, 0.3) is 5.03 Å². The number of aromatic nitrogens is 2. The van der Waals surface area contributed by atoms with Gasteiger partial charge in [0, 0.05) is 30.1 Å². The number of nitrogens with one attached hydrogen (secondary N) is 1. The van der Waals surface area contributed by atoms with Crippen molar-refractivity contribution in [2.24, 2.45) is 7.05 Å². The first kappa shape index (κ1) is 14.6. The Hall–Kier alpha value is -1.83. The van der Waals surface area contributed by atoms with Crippen molar-refractivity contribution < 1.29 is 18.0 Å². The predicted molar refractivity (Wildman–Crippen MR) is 70.0 cm³/mol. The maximum atomic E-state index is 12.7. The molecule has 2 heterocycles. The van der Waals surface area contributed by atoms with E-state index in [9.17, 15) is 18.0 Å². The van der Waals surface area contributed by atoms with Crippen LogP contribution in [-0.2, 0) is 13.2 Å². The average Bonchev–Trinajstić information content (AvgIpc) is 2.94. The summed E-state index contributed by atoms with van der Waals surface area (Å²) in [7, 11) is 0.627. The highest BCUT2D eigenvalue weighted by molar-refractivity contribution is 7.39. The number of carbonyl (C=O) groups excluding carboxylic acids is 1. The van der Waals surface area contributed by atoms with Crippen LogP contribution in [0.5, 0.6) is 0 Å². The van der Waals surface area contributed by atoms with Crippen LogP contribution in [0.3, 0.4) is 0 Å². The lowest BCUT2D eigenvalue weighted by atomic mass is 10.4. The first-order chi connectivity index (χ1) is 9.34. The highest BCUT2D eigenvalue weighted by Gasteiger charge is 2.37. The third kappa shape index (κ3) is 2.69. The fourth-order valence-corrected chi connectivity index (χ4v) is 3.56. The molecule has 1 N–H and O–H groups in total. The maximum absolute atomic E-state index is 12.7. The summed E-state index contributed by atoms with van der Waals surface area (Å²) >= 11 is 0. The van der Waals surface area contributed by atoms with Crippen LogP contribution >= 0.6 is 10.5 Å². The summed E-state index contributed by atoms with van der Waals surface area (Å²) in [6, 6.07) is 4.29. The number of hydrogen-bond donors (Lipinski definition) is 1. The Balaban J connectivity index is 2.45. The summed E-state index contributed by atoms with van der Waals surface area (Å²) in [5.41, 5.74) is -0.946. The normalized spacial score (nSPS) is 12.6. The van der Waals surface area contributed by atoms with Gasteiger partial charge in [0.05, 0.1) is 6.07 Å². The highest BCUT2D eigenvalue weighted by Crippen LogP contribution is 2.38. The van der Waals surface area contributed by atoms with Gasteiger partial charge >= 0.3 is 12.1 Å². The minimum atomic E-state index is -4.49. The van der Waals surface area contributed by atoms with E-state index in [0.29, 0.717) is 16.4 Å². The van der Waals surface area contributed by atoms with Crippen LogP contribution in [0.1, 0.15) is 22.3 Å². The van der Waals surface area contributed by atoms with Gasteiger partial charge in [0.2, 0.25) is 4.88 Å². The minimum absolute atomic E-state index is 0.268. The van der Waals surface area contributed by atoms with Crippen LogP contribution in [0.4, 0.5) is 13.2 Å². The van der Waals surface area contributed by atoms with Crippen LogP contribution in [0.2, 0.25) is 0 Å². The van der Waals surface area contributed by atoms with Crippen molar-refractivity contribution in [3.63, 3.8) is 0 Å².